The Morgan fingerprint density at radius 1 is 0.513 bits per heavy atom. The van der Waals surface area contributed by atoms with Gasteiger partial charge in [-0.3, -0.25) is 0 Å². The van der Waals surface area contributed by atoms with Gasteiger partial charge in [-0.2, -0.15) is 0 Å². The number of hydrogen-bond acceptors (Lipinski definition) is 2. The van der Waals surface area contributed by atoms with Crippen LogP contribution >= 0.6 is 22.7 Å². The van der Waals surface area contributed by atoms with Crippen LogP contribution in [0.4, 0.5) is 0 Å². The van der Waals surface area contributed by atoms with Gasteiger partial charge >= 0.3 is 213 Å². The molecule has 2 heterocycles. The Labute approximate surface area is 257 Å². The van der Waals surface area contributed by atoms with Crippen molar-refractivity contribution in [3.8, 4) is 9.75 Å². The van der Waals surface area contributed by atoms with E-state index in [-0.39, 0.29) is 0 Å². The molecule has 0 saturated carbocycles. The Morgan fingerprint density at radius 3 is 1.36 bits per heavy atom. The third-order valence-corrected chi connectivity index (χ3v) is 20.3. The molecule has 39 heavy (non-hydrogen) atoms. The quantitative estimate of drug-likeness (QED) is 0.0765. The molecule has 0 saturated heterocycles. The maximum atomic E-state index is 2.64. The first-order valence-electron chi connectivity index (χ1n) is 17.1. The predicted molar refractivity (Wildman–Crippen MR) is 186 cm³/mol. The molecule has 0 atom stereocenters. The minimum absolute atomic E-state index is 1.27. The fourth-order valence-corrected chi connectivity index (χ4v) is 15.3. The number of unbranched alkanes of at least 4 members (excludes halogenated alkanes) is 18. The van der Waals surface area contributed by atoms with Gasteiger partial charge in [0.15, 0.2) is 0 Å². The molecule has 2 aromatic rings. The van der Waals surface area contributed by atoms with Crippen molar-refractivity contribution in [1.82, 2.24) is 0 Å². The first kappa shape index (κ1) is 35.4. The van der Waals surface area contributed by atoms with E-state index in [1.165, 1.54) is 146 Å². The molecule has 0 aliphatic carbocycles. The van der Waals surface area contributed by atoms with E-state index >= 15 is 0 Å². The van der Waals surface area contributed by atoms with Gasteiger partial charge in [0, 0.05) is 0 Å². The summed E-state index contributed by atoms with van der Waals surface area (Å²) in [6.45, 7) is 6.94. The fraction of sp³-hybridized carbons (Fsp3) is 0.778. The normalized spacial score (nSPS) is 12.1. The topological polar surface area (TPSA) is 0 Å². The van der Waals surface area contributed by atoms with Gasteiger partial charge in [0.2, 0.25) is 0 Å². The predicted octanol–water partition coefficient (Wildman–Crippen LogP) is 13.3. The van der Waals surface area contributed by atoms with Gasteiger partial charge in [-0.1, -0.05) is 46.0 Å². The van der Waals surface area contributed by atoms with Crippen molar-refractivity contribution in [2.75, 3.05) is 0 Å². The summed E-state index contributed by atoms with van der Waals surface area (Å²) in [7, 11) is 0. The Morgan fingerprint density at radius 2 is 0.923 bits per heavy atom. The molecule has 0 radical (unpaired) electrons. The molecule has 0 nitrogen and oxygen atoms in total. The van der Waals surface area contributed by atoms with Crippen LogP contribution in [0.2, 0.25) is 14.8 Å². The van der Waals surface area contributed by atoms with E-state index < -0.39 is 18.4 Å². The van der Waals surface area contributed by atoms with Gasteiger partial charge in [0.25, 0.3) is 0 Å². The molecule has 0 amide bonds. The Hall–Kier alpha value is 0.199. The van der Waals surface area contributed by atoms with E-state index in [1.54, 1.807) is 20.9 Å². The van der Waals surface area contributed by atoms with Crippen molar-refractivity contribution in [1.29, 1.82) is 0 Å². The molecule has 3 heteroatoms. The van der Waals surface area contributed by atoms with Crippen LogP contribution in [-0.2, 0) is 12.8 Å². The molecule has 2 rings (SSSR count). The van der Waals surface area contributed by atoms with Crippen LogP contribution in [-0.4, -0.2) is 18.4 Å². The van der Waals surface area contributed by atoms with Crippen LogP contribution in [0.1, 0.15) is 158 Å². The van der Waals surface area contributed by atoms with Crippen molar-refractivity contribution in [3.63, 3.8) is 0 Å². The van der Waals surface area contributed by atoms with E-state index in [9.17, 15) is 0 Å². The third-order valence-electron chi connectivity index (χ3n) is 8.25. The van der Waals surface area contributed by atoms with Gasteiger partial charge in [-0.05, 0) is 0 Å². The molecule has 2 aromatic heterocycles. The van der Waals surface area contributed by atoms with Crippen LogP contribution in [0.15, 0.2) is 12.1 Å². The zero-order chi connectivity index (χ0) is 28.3. The minimum atomic E-state index is -2.13. The first-order chi connectivity index (χ1) is 18.9. The summed E-state index contributed by atoms with van der Waals surface area (Å²) in [6, 6.07) is 5.15. The standard InChI is InChI=1S/C33H55S2.3CH3.Sn/c1-4-6-8-10-12-14-16-18-20-22-24-30-27-32(34-28-30)33-31(26-29(3)35-33)25-23-21-19-17-15-13-11-9-7-5-2;;;;/h26-27H,4-25H2,1-3H3;3*1H3;. The zero-order valence-corrected chi connectivity index (χ0v) is 31.5. The summed E-state index contributed by atoms with van der Waals surface area (Å²) in [5.41, 5.74) is 3.37. The summed E-state index contributed by atoms with van der Waals surface area (Å²) >= 11 is 2.12. The summed E-state index contributed by atoms with van der Waals surface area (Å²) < 4.78 is 1.84. The van der Waals surface area contributed by atoms with E-state index in [0.717, 1.165) is 0 Å². The summed E-state index contributed by atoms with van der Waals surface area (Å²) in [6.07, 6.45) is 31.1. The van der Waals surface area contributed by atoms with E-state index in [4.69, 9.17) is 0 Å². The Balaban J connectivity index is 1.82. The number of rotatable bonds is 24. The van der Waals surface area contributed by atoms with Crippen molar-refractivity contribution < 1.29 is 0 Å². The molecule has 0 fully saturated rings. The number of hydrogen-bond donors (Lipinski definition) is 0. The van der Waals surface area contributed by atoms with E-state index in [0.29, 0.717) is 0 Å². The second kappa shape index (κ2) is 21.0. The van der Waals surface area contributed by atoms with Gasteiger partial charge in [0.1, 0.15) is 0 Å². The monoisotopic (exact) mass is 680 g/mol. The average Bonchev–Trinajstić information content (AvgIpc) is 3.49. The van der Waals surface area contributed by atoms with E-state index in [1.807, 2.05) is 2.89 Å². The van der Waals surface area contributed by atoms with Gasteiger partial charge in [0.05, 0.1) is 0 Å². The van der Waals surface area contributed by atoms with Crippen LogP contribution in [0, 0.1) is 6.92 Å². The SMILES string of the molecule is CCCCCCCCCCCCc1cc(C)sc1-c1cc(CCCCCCCCCCCC)[c]([Sn]([CH3])([CH3])[CH3])s1. The van der Waals surface area contributed by atoms with Gasteiger partial charge < -0.3 is 0 Å². The maximum absolute atomic E-state index is 2.64. The number of thiophene rings is 2. The first-order valence-corrected chi connectivity index (χ1v) is 28.7. The zero-order valence-electron chi connectivity index (χ0n) is 27.0. The molecule has 0 aliphatic heterocycles. The van der Waals surface area contributed by atoms with Gasteiger partial charge in [-0.25, -0.2) is 0 Å². The Bertz CT molecular complexity index is 869. The fourth-order valence-electron chi connectivity index (χ4n) is 5.93. The molecule has 0 aromatic carbocycles. The second-order valence-corrected chi connectivity index (χ2v) is 30.9. The molecule has 0 aliphatic rings. The Kier molecular flexibility index (Phi) is 19.0. The molecular weight excluding hydrogens is 615 g/mol. The average molecular weight is 680 g/mol. The van der Waals surface area contributed by atoms with Crippen molar-refractivity contribution in [2.24, 2.45) is 0 Å². The van der Waals surface area contributed by atoms with Crippen LogP contribution in [0.3, 0.4) is 0 Å². The summed E-state index contributed by atoms with van der Waals surface area (Å²) in [5, 5.41) is 0. The molecule has 0 bridgehead atoms. The molecule has 0 unspecified atom stereocenters. The van der Waals surface area contributed by atoms with Crippen molar-refractivity contribution in [2.45, 2.75) is 177 Å². The van der Waals surface area contributed by atoms with Crippen LogP contribution in [0.25, 0.3) is 9.75 Å². The van der Waals surface area contributed by atoms with E-state index in [2.05, 4.69) is 70.4 Å². The summed E-state index contributed by atoms with van der Waals surface area (Å²) in [5.74, 6) is 0. The number of aryl methyl sites for hydroxylation is 3. The van der Waals surface area contributed by atoms with Crippen LogP contribution < -0.4 is 2.89 Å². The third kappa shape index (κ3) is 14.8. The molecule has 0 spiro atoms. The molecular formula is C36H64S2Sn. The molecule has 224 valence electrons. The van der Waals surface area contributed by atoms with Crippen LogP contribution in [0.5, 0.6) is 0 Å². The summed E-state index contributed by atoms with van der Waals surface area (Å²) in [4.78, 5) is 12.6. The van der Waals surface area contributed by atoms with Crippen molar-refractivity contribution in [3.05, 3.63) is 28.1 Å². The second-order valence-electron chi connectivity index (χ2n) is 13.3. The van der Waals surface area contributed by atoms with Crippen molar-refractivity contribution >= 4 is 43.9 Å². The van der Waals surface area contributed by atoms with Gasteiger partial charge in [-0.15, -0.1) is 0 Å². The molecule has 0 N–H and O–H groups in total.